The average Bonchev–Trinajstić information content (AvgIpc) is 2.93. The van der Waals surface area contributed by atoms with E-state index in [9.17, 15) is 4.79 Å². The molecule has 1 heterocycles. The van der Waals surface area contributed by atoms with E-state index in [0.717, 1.165) is 36.3 Å². The van der Waals surface area contributed by atoms with Crippen LogP contribution in [0, 0.1) is 11.8 Å². The molecule has 1 fully saturated rings. The van der Waals surface area contributed by atoms with Gasteiger partial charge in [-0.15, -0.1) is 0 Å². The number of carbonyl (C=O) groups excluding carboxylic acids is 1. The van der Waals surface area contributed by atoms with Crippen LogP contribution in [0.3, 0.4) is 0 Å². The summed E-state index contributed by atoms with van der Waals surface area (Å²) >= 11 is 0. The Morgan fingerprint density at radius 1 is 1.52 bits per heavy atom. The Kier molecular flexibility index (Phi) is 5.20. The monoisotopic (exact) mass is 287 g/mol. The predicted molar refractivity (Wildman–Crippen MR) is 81.6 cm³/mol. The molecule has 2 rings (SSSR count). The first-order valence-corrected chi connectivity index (χ1v) is 7.05. The van der Waals surface area contributed by atoms with Crippen molar-refractivity contribution in [3.8, 4) is 17.6 Å². The summed E-state index contributed by atoms with van der Waals surface area (Å²) < 4.78 is 5.40. The number of carbonyl (C=O) groups is 1. The number of amides is 1. The van der Waals surface area contributed by atoms with Crippen molar-refractivity contribution in [2.24, 2.45) is 11.5 Å². The van der Waals surface area contributed by atoms with E-state index in [4.69, 9.17) is 16.2 Å². The second-order valence-electron chi connectivity index (χ2n) is 5.06. The molecular weight excluding hydrogens is 266 g/mol. The van der Waals surface area contributed by atoms with Crippen LogP contribution in [-0.2, 0) is 11.3 Å². The molecule has 1 aliphatic rings. The molecule has 1 aromatic rings. The first-order valence-electron chi connectivity index (χ1n) is 7.05. The lowest BCUT2D eigenvalue weighted by molar-refractivity contribution is -0.122. The first-order chi connectivity index (χ1) is 10.2. The van der Waals surface area contributed by atoms with Gasteiger partial charge in [-0.1, -0.05) is 11.8 Å². The Morgan fingerprint density at radius 2 is 2.33 bits per heavy atom. The lowest BCUT2D eigenvalue weighted by Crippen LogP contribution is -2.39. The molecule has 4 N–H and O–H groups in total. The molecule has 5 nitrogen and oxygen atoms in total. The maximum absolute atomic E-state index is 11.5. The average molecular weight is 287 g/mol. The van der Waals surface area contributed by atoms with Gasteiger partial charge in [0, 0.05) is 17.7 Å². The third kappa shape index (κ3) is 3.75. The van der Waals surface area contributed by atoms with Crippen molar-refractivity contribution >= 4 is 5.91 Å². The molecule has 1 amide bonds. The summed E-state index contributed by atoms with van der Waals surface area (Å²) in [5.41, 5.74) is 12.8. The zero-order valence-corrected chi connectivity index (χ0v) is 12.3. The number of rotatable bonds is 4. The quantitative estimate of drug-likeness (QED) is 0.788. The van der Waals surface area contributed by atoms with Gasteiger partial charge < -0.3 is 16.2 Å². The zero-order chi connectivity index (χ0) is 15.2. The molecule has 0 bridgehead atoms. The van der Waals surface area contributed by atoms with Crippen LogP contribution >= 0.6 is 0 Å². The fourth-order valence-corrected chi connectivity index (χ4v) is 2.69. The van der Waals surface area contributed by atoms with Gasteiger partial charge in [-0.3, -0.25) is 9.69 Å². The number of likely N-dealkylation sites (tertiary alicyclic amines) is 1. The van der Waals surface area contributed by atoms with Gasteiger partial charge in [0.15, 0.2) is 0 Å². The Morgan fingerprint density at radius 3 is 3.00 bits per heavy atom. The van der Waals surface area contributed by atoms with Crippen LogP contribution in [0.2, 0.25) is 0 Å². The van der Waals surface area contributed by atoms with E-state index in [1.54, 1.807) is 7.11 Å². The topological polar surface area (TPSA) is 81.6 Å². The summed E-state index contributed by atoms with van der Waals surface area (Å²) in [5.74, 6) is 6.39. The summed E-state index contributed by atoms with van der Waals surface area (Å²) in [6.07, 6.45) is 1.81. The number of hydrogen-bond donors (Lipinski definition) is 2. The molecule has 0 aromatic heterocycles. The molecule has 0 radical (unpaired) electrons. The molecule has 1 saturated heterocycles. The van der Waals surface area contributed by atoms with Crippen molar-refractivity contribution in [2.45, 2.75) is 25.4 Å². The largest absolute Gasteiger partial charge is 0.496 e. The number of benzene rings is 1. The molecule has 1 aromatic carbocycles. The van der Waals surface area contributed by atoms with Gasteiger partial charge in [0.25, 0.3) is 0 Å². The molecule has 1 unspecified atom stereocenters. The van der Waals surface area contributed by atoms with Crippen LogP contribution in [0.5, 0.6) is 5.75 Å². The van der Waals surface area contributed by atoms with E-state index in [1.165, 1.54) is 0 Å². The highest BCUT2D eigenvalue weighted by molar-refractivity contribution is 5.80. The molecular formula is C16H21N3O2. The maximum Gasteiger partial charge on any atom is 0.234 e. The van der Waals surface area contributed by atoms with Crippen LogP contribution < -0.4 is 16.2 Å². The van der Waals surface area contributed by atoms with Gasteiger partial charge in [0.1, 0.15) is 5.75 Å². The normalized spacial score (nSPS) is 18.1. The lowest BCUT2D eigenvalue weighted by Gasteiger charge is -2.23. The van der Waals surface area contributed by atoms with Gasteiger partial charge in [-0.05, 0) is 37.6 Å². The lowest BCUT2D eigenvalue weighted by atomic mass is 10.1. The number of methoxy groups -OCH3 is 1. The first kappa shape index (κ1) is 15.4. The van der Waals surface area contributed by atoms with Gasteiger partial charge >= 0.3 is 0 Å². The van der Waals surface area contributed by atoms with Gasteiger partial charge in [-0.2, -0.15) is 0 Å². The highest BCUT2D eigenvalue weighted by Gasteiger charge is 2.29. The van der Waals surface area contributed by atoms with Crippen LogP contribution in [0.1, 0.15) is 24.0 Å². The number of primary amides is 1. The Hall–Kier alpha value is -2.03. The minimum atomic E-state index is -0.259. The molecule has 1 aliphatic heterocycles. The highest BCUT2D eigenvalue weighted by Crippen LogP contribution is 2.25. The molecule has 0 saturated carbocycles. The van der Waals surface area contributed by atoms with Crippen molar-refractivity contribution < 1.29 is 9.53 Å². The van der Waals surface area contributed by atoms with E-state index in [2.05, 4.69) is 16.7 Å². The van der Waals surface area contributed by atoms with Gasteiger partial charge in [0.05, 0.1) is 19.7 Å². The summed E-state index contributed by atoms with van der Waals surface area (Å²) in [4.78, 5) is 13.6. The van der Waals surface area contributed by atoms with Crippen LogP contribution in [-0.4, -0.2) is 37.0 Å². The van der Waals surface area contributed by atoms with E-state index < -0.39 is 0 Å². The van der Waals surface area contributed by atoms with Crippen molar-refractivity contribution in [3.05, 3.63) is 29.3 Å². The minimum Gasteiger partial charge on any atom is -0.496 e. The van der Waals surface area contributed by atoms with Crippen molar-refractivity contribution in [3.63, 3.8) is 0 Å². The summed E-state index contributed by atoms with van der Waals surface area (Å²) in [6, 6.07) is 5.59. The summed E-state index contributed by atoms with van der Waals surface area (Å²) in [6.45, 7) is 1.83. The SMILES string of the molecule is COc1ccc(C#CCN)cc1CN1CCCC1C(N)=O. The Bertz CT molecular complexity index is 575. The number of nitrogens with zero attached hydrogens (tertiary/aromatic N) is 1. The second kappa shape index (κ2) is 7.11. The standard InChI is InChI=1S/C16H21N3O2/c1-21-15-7-6-12(4-2-8-17)10-13(15)11-19-9-3-5-14(19)16(18)20/h6-7,10,14H,3,5,8-9,11,17H2,1H3,(H2,18,20). The number of nitrogens with two attached hydrogens (primary N) is 2. The number of ether oxygens (including phenoxy) is 1. The highest BCUT2D eigenvalue weighted by atomic mass is 16.5. The van der Waals surface area contributed by atoms with E-state index in [0.29, 0.717) is 13.1 Å². The molecule has 112 valence electrons. The van der Waals surface area contributed by atoms with Gasteiger partial charge in [-0.25, -0.2) is 0 Å². The molecule has 5 heteroatoms. The summed E-state index contributed by atoms with van der Waals surface area (Å²) in [5, 5.41) is 0. The van der Waals surface area contributed by atoms with E-state index in [1.807, 2.05) is 18.2 Å². The number of hydrogen-bond acceptors (Lipinski definition) is 4. The van der Waals surface area contributed by atoms with Crippen LogP contribution in [0.25, 0.3) is 0 Å². The fraction of sp³-hybridized carbons (Fsp3) is 0.438. The second-order valence-corrected chi connectivity index (χ2v) is 5.06. The molecule has 21 heavy (non-hydrogen) atoms. The molecule has 0 spiro atoms. The van der Waals surface area contributed by atoms with Crippen LogP contribution in [0.15, 0.2) is 18.2 Å². The van der Waals surface area contributed by atoms with Crippen molar-refractivity contribution in [2.75, 3.05) is 20.2 Å². The smallest absolute Gasteiger partial charge is 0.234 e. The Labute approximate surface area is 125 Å². The van der Waals surface area contributed by atoms with E-state index in [-0.39, 0.29) is 11.9 Å². The van der Waals surface area contributed by atoms with Crippen molar-refractivity contribution in [1.29, 1.82) is 0 Å². The minimum absolute atomic E-state index is 0.187. The predicted octanol–water partition coefficient (Wildman–Crippen LogP) is 0.455. The van der Waals surface area contributed by atoms with Crippen molar-refractivity contribution in [1.82, 2.24) is 4.90 Å². The van der Waals surface area contributed by atoms with E-state index >= 15 is 0 Å². The fourth-order valence-electron chi connectivity index (χ4n) is 2.69. The summed E-state index contributed by atoms with van der Waals surface area (Å²) in [7, 11) is 1.64. The third-order valence-corrected chi connectivity index (χ3v) is 3.68. The van der Waals surface area contributed by atoms with Crippen LogP contribution in [0.4, 0.5) is 0 Å². The van der Waals surface area contributed by atoms with Gasteiger partial charge in [0.2, 0.25) is 5.91 Å². The molecule has 0 aliphatic carbocycles. The molecule has 1 atom stereocenters. The third-order valence-electron chi connectivity index (χ3n) is 3.68. The maximum atomic E-state index is 11.5. The Balaban J connectivity index is 2.22. The zero-order valence-electron chi connectivity index (χ0n) is 12.3.